The first-order valence-corrected chi connectivity index (χ1v) is 9.91. The van der Waals surface area contributed by atoms with Crippen molar-refractivity contribution in [2.24, 2.45) is 5.92 Å². The molecule has 0 spiro atoms. The van der Waals surface area contributed by atoms with E-state index in [-0.39, 0.29) is 0 Å². The number of rotatable bonds is 4. The van der Waals surface area contributed by atoms with E-state index in [0.29, 0.717) is 23.8 Å². The molecule has 0 aromatic carbocycles. The van der Waals surface area contributed by atoms with Crippen molar-refractivity contribution in [2.75, 3.05) is 13.2 Å². The molecule has 6 heteroatoms. The summed E-state index contributed by atoms with van der Waals surface area (Å²) in [5.74, 6) is 3.31. The SMILES string of the molecule is CC1COc2c(C(C)C)c[n+](CC(C)c3cnn4c3OCCC4C)n2C1. The average Bonchev–Trinajstić information content (AvgIpc) is 3.18. The van der Waals surface area contributed by atoms with Gasteiger partial charge in [0.25, 0.3) is 5.88 Å². The van der Waals surface area contributed by atoms with Crippen LogP contribution in [0.5, 0.6) is 11.8 Å². The Hall–Kier alpha value is -1.98. The van der Waals surface area contributed by atoms with Gasteiger partial charge in [0, 0.05) is 23.8 Å². The van der Waals surface area contributed by atoms with Crippen LogP contribution in [-0.4, -0.2) is 27.7 Å². The van der Waals surface area contributed by atoms with E-state index >= 15 is 0 Å². The summed E-state index contributed by atoms with van der Waals surface area (Å²) in [5.41, 5.74) is 2.50. The zero-order chi connectivity index (χ0) is 18.4. The predicted octanol–water partition coefficient (Wildman–Crippen LogP) is 3.27. The maximum Gasteiger partial charge on any atom is 0.256 e. The molecule has 2 aromatic heterocycles. The van der Waals surface area contributed by atoms with E-state index in [0.717, 1.165) is 44.5 Å². The molecule has 0 N–H and O–H groups in total. The van der Waals surface area contributed by atoms with E-state index in [4.69, 9.17) is 9.47 Å². The first kappa shape index (κ1) is 17.4. The summed E-state index contributed by atoms with van der Waals surface area (Å²) in [7, 11) is 0. The Kier molecular flexibility index (Phi) is 4.45. The van der Waals surface area contributed by atoms with Gasteiger partial charge < -0.3 is 9.47 Å². The van der Waals surface area contributed by atoms with E-state index in [1.165, 1.54) is 11.1 Å². The Bertz CT molecular complexity index is 792. The normalized spacial score (nSPS) is 23.2. The largest absolute Gasteiger partial charge is 0.478 e. The van der Waals surface area contributed by atoms with Crippen molar-refractivity contribution >= 4 is 0 Å². The summed E-state index contributed by atoms with van der Waals surface area (Å²) in [6, 6.07) is 0.412. The molecule has 0 saturated carbocycles. The lowest BCUT2D eigenvalue weighted by Gasteiger charge is -2.23. The smallest absolute Gasteiger partial charge is 0.256 e. The molecule has 3 atom stereocenters. The highest BCUT2D eigenvalue weighted by Gasteiger charge is 2.33. The van der Waals surface area contributed by atoms with E-state index in [1.807, 2.05) is 10.9 Å². The van der Waals surface area contributed by atoms with Gasteiger partial charge in [0.05, 0.1) is 37.6 Å². The fourth-order valence-electron chi connectivity index (χ4n) is 4.01. The van der Waals surface area contributed by atoms with Crippen LogP contribution >= 0.6 is 0 Å². The Morgan fingerprint density at radius 1 is 1.19 bits per heavy atom. The van der Waals surface area contributed by atoms with E-state index in [2.05, 4.69) is 55.3 Å². The van der Waals surface area contributed by atoms with E-state index in [1.54, 1.807) is 0 Å². The molecule has 2 aromatic rings. The third kappa shape index (κ3) is 2.89. The molecule has 0 amide bonds. The lowest BCUT2D eigenvalue weighted by atomic mass is 10.0. The lowest BCUT2D eigenvalue weighted by molar-refractivity contribution is -0.779. The Balaban J connectivity index is 1.63. The van der Waals surface area contributed by atoms with Crippen molar-refractivity contribution in [3.05, 3.63) is 23.5 Å². The first-order chi connectivity index (χ1) is 12.5. The number of hydrogen-bond donors (Lipinski definition) is 0. The van der Waals surface area contributed by atoms with Gasteiger partial charge in [-0.1, -0.05) is 27.7 Å². The molecule has 0 radical (unpaired) electrons. The molecule has 0 bridgehead atoms. The summed E-state index contributed by atoms with van der Waals surface area (Å²) >= 11 is 0. The van der Waals surface area contributed by atoms with Crippen LogP contribution in [-0.2, 0) is 13.1 Å². The topological polar surface area (TPSA) is 45.1 Å². The molecule has 0 aliphatic carbocycles. The highest BCUT2D eigenvalue weighted by Crippen LogP contribution is 2.34. The van der Waals surface area contributed by atoms with Gasteiger partial charge in [-0.15, -0.1) is 9.36 Å². The molecule has 2 aliphatic rings. The Morgan fingerprint density at radius 3 is 2.77 bits per heavy atom. The molecule has 3 unspecified atom stereocenters. The predicted molar refractivity (Wildman–Crippen MR) is 98.8 cm³/mol. The number of hydrogen-bond acceptors (Lipinski definition) is 3. The maximum atomic E-state index is 6.09. The lowest BCUT2D eigenvalue weighted by Crippen LogP contribution is -2.47. The molecule has 2 aliphatic heterocycles. The highest BCUT2D eigenvalue weighted by atomic mass is 16.5. The fraction of sp³-hybridized carbons (Fsp3) is 0.700. The van der Waals surface area contributed by atoms with Gasteiger partial charge in [-0.25, -0.2) is 4.68 Å². The summed E-state index contributed by atoms with van der Waals surface area (Å²) in [4.78, 5) is 0. The van der Waals surface area contributed by atoms with Crippen molar-refractivity contribution in [1.82, 2.24) is 14.5 Å². The van der Waals surface area contributed by atoms with Crippen LogP contribution in [0.25, 0.3) is 0 Å². The third-order valence-corrected chi connectivity index (χ3v) is 5.65. The van der Waals surface area contributed by atoms with Gasteiger partial charge in [-0.2, -0.15) is 5.10 Å². The highest BCUT2D eigenvalue weighted by molar-refractivity contribution is 5.29. The van der Waals surface area contributed by atoms with Crippen LogP contribution < -0.4 is 14.2 Å². The first-order valence-electron chi connectivity index (χ1n) is 9.91. The van der Waals surface area contributed by atoms with Gasteiger partial charge in [-0.3, -0.25) is 0 Å². The van der Waals surface area contributed by atoms with Crippen molar-refractivity contribution < 1.29 is 14.2 Å². The van der Waals surface area contributed by atoms with Crippen LogP contribution in [0, 0.1) is 5.92 Å². The van der Waals surface area contributed by atoms with E-state index < -0.39 is 0 Å². The van der Waals surface area contributed by atoms with Crippen molar-refractivity contribution in [3.8, 4) is 11.8 Å². The van der Waals surface area contributed by atoms with Gasteiger partial charge in [0.15, 0.2) is 6.54 Å². The minimum absolute atomic E-state index is 0.324. The number of nitrogens with zero attached hydrogens (tertiary/aromatic N) is 4. The second-order valence-electron chi connectivity index (χ2n) is 8.40. The fourth-order valence-corrected chi connectivity index (χ4v) is 4.01. The van der Waals surface area contributed by atoms with Crippen molar-refractivity contribution in [1.29, 1.82) is 0 Å². The third-order valence-electron chi connectivity index (χ3n) is 5.65. The molecule has 26 heavy (non-hydrogen) atoms. The summed E-state index contributed by atoms with van der Waals surface area (Å²) < 4.78 is 18.7. The van der Waals surface area contributed by atoms with Crippen molar-refractivity contribution in [3.63, 3.8) is 0 Å². The zero-order valence-corrected chi connectivity index (χ0v) is 16.6. The molecule has 4 rings (SSSR count). The van der Waals surface area contributed by atoms with Gasteiger partial charge in [0.1, 0.15) is 0 Å². The quantitative estimate of drug-likeness (QED) is 0.787. The zero-order valence-electron chi connectivity index (χ0n) is 16.6. The van der Waals surface area contributed by atoms with Crippen LogP contribution in [0.1, 0.15) is 70.0 Å². The monoisotopic (exact) mass is 359 g/mol. The maximum absolute atomic E-state index is 6.09. The molecular formula is C20H31N4O2+. The molecular weight excluding hydrogens is 328 g/mol. The van der Waals surface area contributed by atoms with Gasteiger partial charge in [-0.05, 0) is 12.8 Å². The number of aromatic nitrogens is 4. The standard InChI is InChI=1S/C20H31N4O2/c1-13(2)18-11-22(23-9-14(3)12-26-19(18)23)10-15(4)17-8-21-24-16(5)6-7-25-20(17)24/h8,11,13-16H,6-7,9-10,12H2,1-5H3/q+1. The second-order valence-corrected chi connectivity index (χ2v) is 8.40. The summed E-state index contributed by atoms with van der Waals surface area (Å²) in [6.07, 6.45) is 5.29. The number of ether oxygens (including phenoxy) is 2. The van der Waals surface area contributed by atoms with E-state index in [9.17, 15) is 0 Å². The second kappa shape index (κ2) is 6.63. The molecule has 142 valence electrons. The molecule has 4 heterocycles. The average molecular weight is 359 g/mol. The molecule has 0 saturated heterocycles. The van der Waals surface area contributed by atoms with Crippen LogP contribution in [0.15, 0.2) is 12.4 Å². The van der Waals surface area contributed by atoms with Gasteiger partial charge >= 0.3 is 0 Å². The summed E-state index contributed by atoms with van der Waals surface area (Å²) in [6.45, 7) is 14.7. The van der Waals surface area contributed by atoms with Crippen LogP contribution in [0.2, 0.25) is 0 Å². The number of fused-ring (bicyclic) bond motifs is 2. The Morgan fingerprint density at radius 2 is 2.00 bits per heavy atom. The summed E-state index contributed by atoms with van der Waals surface area (Å²) in [5, 5.41) is 4.58. The van der Waals surface area contributed by atoms with Crippen molar-refractivity contribution in [2.45, 2.75) is 72.0 Å². The minimum atomic E-state index is 0.324. The Labute approximate surface area is 155 Å². The minimum Gasteiger partial charge on any atom is -0.478 e. The van der Waals surface area contributed by atoms with Crippen LogP contribution in [0.3, 0.4) is 0 Å². The van der Waals surface area contributed by atoms with Crippen LogP contribution in [0.4, 0.5) is 0 Å². The van der Waals surface area contributed by atoms with Gasteiger partial charge in [0.2, 0.25) is 12.1 Å². The molecule has 6 nitrogen and oxygen atoms in total. The molecule has 0 fully saturated rings.